The van der Waals surface area contributed by atoms with E-state index in [1.807, 2.05) is 18.2 Å². The molecule has 1 amide bonds. The lowest BCUT2D eigenvalue weighted by molar-refractivity contribution is -0.121. The van der Waals surface area contributed by atoms with Crippen molar-refractivity contribution in [2.45, 2.75) is 26.2 Å². The Labute approximate surface area is 185 Å². The Kier molecular flexibility index (Phi) is 6.51. The van der Waals surface area contributed by atoms with Crippen molar-refractivity contribution in [2.75, 3.05) is 24.5 Å². The van der Waals surface area contributed by atoms with Crippen molar-refractivity contribution in [3.8, 4) is 11.4 Å². The first-order valence-corrected chi connectivity index (χ1v) is 10.7. The van der Waals surface area contributed by atoms with Crippen LogP contribution < -0.4 is 10.2 Å². The van der Waals surface area contributed by atoms with E-state index in [1.165, 1.54) is 17.7 Å². The molecule has 0 radical (unpaired) electrons. The normalized spacial score (nSPS) is 16.0. The molecule has 6 nitrogen and oxygen atoms in total. The highest BCUT2D eigenvalue weighted by Crippen LogP contribution is 2.29. The summed E-state index contributed by atoms with van der Waals surface area (Å²) in [7, 11) is 0. The molecule has 1 saturated heterocycles. The summed E-state index contributed by atoms with van der Waals surface area (Å²) in [4.78, 5) is 18.9. The predicted octanol–water partition coefficient (Wildman–Crippen LogP) is 4.41. The lowest BCUT2D eigenvalue weighted by Gasteiger charge is -2.21. The standard InChI is InChI=1S/C23H24ClFN4O2/c1-15-2-5-18(24)12-20(15)29-11-10-16(14-29)13-26-21(30)8-9-22-27-23(28-31-22)17-3-6-19(25)7-4-17/h2-7,12,16H,8-11,13-14H2,1H3,(H,26,30). The Hall–Kier alpha value is -2.93. The fourth-order valence-electron chi connectivity index (χ4n) is 3.78. The first-order chi connectivity index (χ1) is 15.0. The fourth-order valence-corrected chi connectivity index (χ4v) is 3.95. The number of hydrogen-bond acceptors (Lipinski definition) is 5. The summed E-state index contributed by atoms with van der Waals surface area (Å²) in [5.74, 6) is 0.808. The van der Waals surface area contributed by atoms with E-state index in [0.29, 0.717) is 36.2 Å². The summed E-state index contributed by atoms with van der Waals surface area (Å²) in [5.41, 5.74) is 3.03. The molecule has 1 fully saturated rings. The van der Waals surface area contributed by atoms with Crippen LogP contribution in [0.15, 0.2) is 47.0 Å². The van der Waals surface area contributed by atoms with Gasteiger partial charge in [0.2, 0.25) is 17.6 Å². The first-order valence-electron chi connectivity index (χ1n) is 10.3. The first kappa shape index (κ1) is 21.3. The highest BCUT2D eigenvalue weighted by atomic mass is 35.5. The Morgan fingerprint density at radius 1 is 1.29 bits per heavy atom. The number of anilines is 1. The van der Waals surface area contributed by atoms with Crippen molar-refractivity contribution in [3.05, 3.63) is 64.8 Å². The number of benzene rings is 2. The van der Waals surface area contributed by atoms with Crippen LogP contribution in [0.5, 0.6) is 0 Å². The summed E-state index contributed by atoms with van der Waals surface area (Å²) >= 11 is 6.15. The number of carbonyl (C=O) groups excluding carboxylic acids is 1. The zero-order valence-electron chi connectivity index (χ0n) is 17.3. The van der Waals surface area contributed by atoms with Gasteiger partial charge in [0.05, 0.1) is 0 Å². The van der Waals surface area contributed by atoms with Crippen LogP contribution in [0.2, 0.25) is 5.02 Å². The number of nitrogens with one attached hydrogen (secondary N) is 1. The molecule has 0 spiro atoms. The SMILES string of the molecule is Cc1ccc(Cl)cc1N1CCC(CNC(=O)CCc2nc(-c3ccc(F)cc3)no2)C1. The molecule has 162 valence electrons. The van der Waals surface area contributed by atoms with Gasteiger partial charge in [0.25, 0.3) is 0 Å². The molecule has 1 N–H and O–H groups in total. The van der Waals surface area contributed by atoms with E-state index in [-0.39, 0.29) is 18.1 Å². The van der Waals surface area contributed by atoms with Gasteiger partial charge < -0.3 is 14.7 Å². The third kappa shape index (κ3) is 5.41. The molecule has 31 heavy (non-hydrogen) atoms. The number of nitrogens with zero attached hydrogens (tertiary/aromatic N) is 3. The zero-order chi connectivity index (χ0) is 21.8. The smallest absolute Gasteiger partial charge is 0.227 e. The molecule has 8 heteroatoms. The zero-order valence-corrected chi connectivity index (χ0v) is 18.0. The molecule has 0 bridgehead atoms. The molecule has 2 heterocycles. The second kappa shape index (κ2) is 9.47. The molecule has 3 aromatic rings. The molecule has 1 aromatic heterocycles. The summed E-state index contributed by atoms with van der Waals surface area (Å²) < 4.78 is 18.2. The minimum Gasteiger partial charge on any atom is -0.371 e. The molecule has 1 unspecified atom stereocenters. The number of aryl methyl sites for hydroxylation is 2. The lowest BCUT2D eigenvalue weighted by Crippen LogP contribution is -2.31. The second-order valence-electron chi connectivity index (χ2n) is 7.85. The predicted molar refractivity (Wildman–Crippen MR) is 118 cm³/mol. The van der Waals surface area contributed by atoms with Gasteiger partial charge in [-0.1, -0.05) is 22.8 Å². The number of amides is 1. The monoisotopic (exact) mass is 442 g/mol. The highest BCUT2D eigenvalue weighted by molar-refractivity contribution is 6.30. The van der Waals surface area contributed by atoms with Crippen LogP contribution in [0, 0.1) is 18.7 Å². The van der Waals surface area contributed by atoms with Gasteiger partial charge in [0.15, 0.2) is 0 Å². The Morgan fingerprint density at radius 2 is 2.10 bits per heavy atom. The Bertz CT molecular complexity index is 1050. The molecule has 0 saturated carbocycles. The van der Waals surface area contributed by atoms with E-state index in [2.05, 4.69) is 27.3 Å². The van der Waals surface area contributed by atoms with Gasteiger partial charge in [-0.15, -0.1) is 0 Å². The summed E-state index contributed by atoms with van der Waals surface area (Å²) in [6.45, 7) is 4.57. The molecule has 1 aliphatic heterocycles. The molecular formula is C23H24ClFN4O2. The van der Waals surface area contributed by atoms with Crippen molar-refractivity contribution in [2.24, 2.45) is 5.92 Å². The molecule has 0 aliphatic carbocycles. The van der Waals surface area contributed by atoms with E-state index >= 15 is 0 Å². The van der Waals surface area contributed by atoms with Crippen molar-refractivity contribution < 1.29 is 13.7 Å². The average molecular weight is 443 g/mol. The fraction of sp³-hybridized carbons (Fsp3) is 0.348. The number of aromatic nitrogens is 2. The van der Waals surface area contributed by atoms with Crippen LogP contribution in [-0.2, 0) is 11.2 Å². The molecule has 1 atom stereocenters. The van der Waals surface area contributed by atoms with Gasteiger partial charge in [-0.05, 0) is 61.2 Å². The van der Waals surface area contributed by atoms with Gasteiger partial charge in [-0.3, -0.25) is 4.79 Å². The van der Waals surface area contributed by atoms with Crippen molar-refractivity contribution in [3.63, 3.8) is 0 Å². The third-order valence-corrected chi connectivity index (χ3v) is 5.76. The van der Waals surface area contributed by atoms with E-state index in [9.17, 15) is 9.18 Å². The largest absolute Gasteiger partial charge is 0.371 e. The van der Waals surface area contributed by atoms with Crippen LogP contribution in [0.1, 0.15) is 24.3 Å². The molecular weight excluding hydrogens is 419 g/mol. The average Bonchev–Trinajstić information content (AvgIpc) is 3.43. The Morgan fingerprint density at radius 3 is 2.90 bits per heavy atom. The van der Waals surface area contributed by atoms with Gasteiger partial charge in [0.1, 0.15) is 5.82 Å². The summed E-state index contributed by atoms with van der Waals surface area (Å²) in [5, 5.41) is 7.65. The topological polar surface area (TPSA) is 71.3 Å². The molecule has 1 aliphatic rings. The van der Waals surface area contributed by atoms with E-state index in [4.69, 9.17) is 16.1 Å². The summed E-state index contributed by atoms with van der Waals surface area (Å²) in [6.07, 6.45) is 1.66. The third-order valence-electron chi connectivity index (χ3n) is 5.52. The number of carbonyl (C=O) groups is 1. The van der Waals surface area contributed by atoms with Gasteiger partial charge in [0, 0.05) is 48.7 Å². The quantitative estimate of drug-likeness (QED) is 0.586. The maximum Gasteiger partial charge on any atom is 0.227 e. The maximum atomic E-state index is 13.0. The Balaban J connectivity index is 1.22. The minimum atomic E-state index is -0.322. The second-order valence-corrected chi connectivity index (χ2v) is 8.29. The van der Waals surface area contributed by atoms with Crippen LogP contribution in [-0.4, -0.2) is 35.7 Å². The number of halogens is 2. The van der Waals surface area contributed by atoms with Crippen LogP contribution in [0.4, 0.5) is 10.1 Å². The summed E-state index contributed by atoms with van der Waals surface area (Å²) in [6, 6.07) is 11.8. The van der Waals surface area contributed by atoms with Crippen LogP contribution in [0.3, 0.4) is 0 Å². The minimum absolute atomic E-state index is 0.0427. The van der Waals surface area contributed by atoms with Crippen molar-refractivity contribution >= 4 is 23.2 Å². The number of rotatable bonds is 7. The highest BCUT2D eigenvalue weighted by Gasteiger charge is 2.24. The van der Waals surface area contributed by atoms with E-state index in [0.717, 1.165) is 30.2 Å². The molecule has 4 rings (SSSR count). The van der Waals surface area contributed by atoms with Crippen LogP contribution >= 0.6 is 11.6 Å². The lowest BCUT2D eigenvalue weighted by atomic mass is 10.1. The van der Waals surface area contributed by atoms with Gasteiger partial charge in [-0.2, -0.15) is 4.98 Å². The van der Waals surface area contributed by atoms with Crippen molar-refractivity contribution in [1.29, 1.82) is 0 Å². The van der Waals surface area contributed by atoms with Crippen molar-refractivity contribution in [1.82, 2.24) is 15.5 Å². The van der Waals surface area contributed by atoms with Crippen LogP contribution in [0.25, 0.3) is 11.4 Å². The van der Waals surface area contributed by atoms with E-state index < -0.39 is 0 Å². The van der Waals surface area contributed by atoms with Gasteiger partial charge >= 0.3 is 0 Å². The number of hydrogen-bond donors (Lipinski definition) is 1. The van der Waals surface area contributed by atoms with Gasteiger partial charge in [-0.25, -0.2) is 4.39 Å². The van der Waals surface area contributed by atoms with E-state index in [1.54, 1.807) is 12.1 Å². The maximum absolute atomic E-state index is 13.0. The molecule has 2 aromatic carbocycles.